The lowest BCUT2D eigenvalue weighted by Crippen LogP contribution is -2.28. The molecule has 0 radical (unpaired) electrons. The van der Waals surface area contributed by atoms with Crippen molar-refractivity contribution < 1.29 is 14.3 Å². The summed E-state index contributed by atoms with van der Waals surface area (Å²) in [5.74, 6) is 1.31. The number of nitrogens with zero attached hydrogens (tertiary/aromatic N) is 2. The van der Waals surface area contributed by atoms with Gasteiger partial charge in [0.1, 0.15) is 24.2 Å². The summed E-state index contributed by atoms with van der Waals surface area (Å²) in [6, 6.07) is 21.3. The van der Waals surface area contributed by atoms with Crippen LogP contribution < -0.4 is 9.47 Å². The Kier molecular flexibility index (Phi) is 4.85. The van der Waals surface area contributed by atoms with Gasteiger partial charge in [-0.2, -0.15) is 0 Å². The Hall–Kier alpha value is -3.73. The molecule has 0 saturated carbocycles. The molecule has 4 aromatic rings. The number of ether oxygens (including phenoxy) is 2. The van der Waals surface area contributed by atoms with Gasteiger partial charge >= 0.3 is 0 Å². The molecule has 5 nitrogen and oxygen atoms in total. The SMILES string of the molecule is O=C1CC(Cc2cccnc2)Oc2ccc(OCc3ccc4ccccc4n3)cc21. The first kappa shape index (κ1) is 18.3. The molecular weight excluding hydrogens is 376 g/mol. The van der Waals surface area contributed by atoms with Crippen LogP contribution in [-0.4, -0.2) is 21.9 Å². The van der Waals surface area contributed by atoms with Crippen LogP contribution in [0, 0.1) is 0 Å². The lowest BCUT2D eigenvalue weighted by Gasteiger charge is -2.25. The van der Waals surface area contributed by atoms with Crippen LogP contribution in [0.4, 0.5) is 0 Å². The lowest BCUT2D eigenvalue weighted by molar-refractivity contribution is 0.0850. The van der Waals surface area contributed by atoms with Crippen molar-refractivity contribution in [2.24, 2.45) is 0 Å². The highest BCUT2D eigenvalue weighted by atomic mass is 16.5. The highest BCUT2D eigenvalue weighted by Crippen LogP contribution is 2.32. The van der Waals surface area contributed by atoms with Crippen molar-refractivity contribution in [2.45, 2.75) is 25.6 Å². The molecule has 0 spiro atoms. The molecule has 0 bridgehead atoms. The summed E-state index contributed by atoms with van der Waals surface area (Å²) < 4.78 is 12.0. The first-order valence-electron chi connectivity index (χ1n) is 9.95. The molecule has 0 aliphatic carbocycles. The average Bonchev–Trinajstić information content (AvgIpc) is 2.78. The fourth-order valence-corrected chi connectivity index (χ4v) is 3.70. The summed E-state index contributed by atoms with van der Waals surface area (Å²) in [7, 11) is 0. The highest BCUT2D eigenvalue weighted by Gasteiger charge is 2.27. The highest BCUT2D eigenvalue weighted by molar-refractivity contribution is 6.00. The van der Waals surface area contributed by atoms with Gasteiger partial charge in [-0.3, -0.25) is 9.78 Å². The van der Waals surface area contributed by atoms with Crippen molar-refractivity contribution in [3.05, 3.63) is 95.9 Å². The van der Waals surface area contributed by atoms with Crippen LogP contribution in [0.3, 0.4) is 0 Å². The summed E-state index contributed by atoms with van der Waals surface area (Å²) >= 11 is 0. The Morgan fingerprint density at radius 1 is 1.03 bits per heavy atom. The van der Waals surface area contributed by atoms with E-state index in [1.54, 1.807) is 18.5 Å². The first-order chi connectivity index (χ1) is 14.7. The molecule has 0 saturated heterocycles. The Bertz CT molecular complexity index is 1210. The molecule has 2 aromatic carbocycles. The number of para-hydroxylation sites is 1. The topological polar surface area (TPSA) is 61.3 Å². The second-order valence-electron chi connectivity index (χ2n) is 7.37. The number of benzene rings is 2. The molecular formula is C25H20N2O3. The maximum Gasteiger partial charge on any atom is 0.170 e. The molecule has 1 unspecified atom stereocenters. The monoisotopic (exact) mass is 396 g/mol. The van der Waals surface area contributed by atoms with Gasteiger partial charge in [0.15, 0.2) is 5.78 Å². The third kappa shape index (κ3) is 3.87. The van der Waals surface area contributed by atoms with Gasteiger partial charge < -0.3 is 9.47 Å². The van der Waals surface area contributed by atoms with Gasteiger partial charge in [0.05, 0.1) is 16.8 Å². The van der Waals surface area contributed by atoms with E-state index in [1.807, 2.05) is 60.7 Å². The van der Waals surface area contributed by atoms with E-state index in [0.717, 1.165) is 22.2 Å². The van der Waals surface area contributed by atoms with E-state index in [-0.39, 0.29) is 11.9 Å². The van der Waals surface area contributed by atoms with Gasteiger partial charge in [0, 0.05) is 30.6 Å². The lowest BCUT2D eigenvalue weighted by atomic mass is 9.97. The maximum absolute atomic E-state index is 12.7. The summed E-state index contributed by atoms with van der Waals surface area (Å²) in [6.07, 6.45) is 4.37. The Balaban J connectivity index is 1.28. The molecule has 1 aliphatic heterocycles. The van der Waals surface area contributed by atoms with E-state index in [2.05, 4.69) is 9.97 Å². The molecule has 3 heterocycles. The first-order valence-corrected chi connectivity index (χ1v) is 9.95. The zero-order valence-electron chi connectivity index (χ0n) is 16.3. The minimum atomic E-state index is -0.178. The van der Waals surface area contributed by atoms with Gasteiger partial charge in [0.25, 0.3) is 0 Å². The number of hydrogen-bond donors (Lipinski definition) is 0. The van der Waals surface area contributed by atoms with Gasteiger partial charge in [-0.25, -0.2) is 4.98 Å². The molecule has 0 fully saturated rings. The molecule has 1 atom stereocenters. The van der Waals surface area contributed by atoms with Crippen LogP contribution in [0.5, 0.6) is 11.5 Å². The van der Waals surface area contributed by atoms with Crippen LogP contribution in [0.1, 0.15) is 28.0 Å². The number of carbonyl (C=O) groups is 1. The molecule has 0 N–H and O–H groups in total. The molecule has 5 rings (SSSR count). The summed E-state index contributed by atoms with van der Waals surface area (Å²) in [5, 5.41) is 1.10. The standard InChI is InChI=1S/C25H20N2O3/c28-24-14-21(12-17-4-3-11-26-15-17)30-25-10-9-20(13-22(24)25)29-16-19-8-7-18-5-1-2-6-23(18)27-19/h1-11,13,15,21H,12,14,16H2. The largest absolute Gasteiger partial charge is 0.489 e. The Morgan fingerprint density at radius 2 is 1.97 bits per heavy atom. The number of rotatable bonds is 5. The number of carbonyl (C=O) groups excluding carboxylic acids is 1. The summed E-state index contributed by atoms with van der Waals surface area (Å²) in [6.45, 7) is 0.336. The number of fused-ring (bicyclic) bond motifs is 2. The fraction of sp³-hybridized carbons (Fsp3) is 0.160. The van der Waals surface area contributed by atoms with E-state index in [9.17, 15) is 4.79 Å². The third-order valence-electron chi connectivity index (χ3n) is 5.19. The zero-order chi connectivity index (χ0) is 20.3. The van der Waals surface area contributed by atoms with E-state index in [4.69, 9.17) is 9.47 Å². The van der Waals surface area contributed by atoms with Crippen LogP contribution in [0.2, 0.25) is 0 Å². The number of Topliss-reactive ketones (excluding diaryl/α,β-unsaturated/α-hetero) is 1. The quantitative estimate of drug-likeness (QED) is 0.486. The fourth-order valence-electron chi connectivity index (χ4n) is 3.70. The second kappa shape index (κ2) is 7.95. The van der Waals surface area contributed by atoms with Gasteiger partial charge in [-0.15, -0.1) is 0 Å². The van der Waals surface area contributed by atoms with Crippen molar-refractivity contribution in [1.82, 2.24) is 9.97 Å². The van der Waals surface area contributed by atoms with Crippen molar-refractivity contribution in [3.63, 3.8) is 0 Å². The molecule has 148 valence electrons. The average molecular weight is 396 g/mol. The number of ketones is 1. The molecule has 2 aromatic heterocycles. The number of hydrogen-bond acceptors (Lipinski definition) is 5. The zero-order valence-corrected chi connectivity index (χ0v) is 16.3. The minimum absolute atomic E-state index is 0.0689. The van der Waals surface area contributed by atoms with Gasteiger partial charge in [-0.05, 0) is 42.0 Å². The van der Waals surface area contributed by atoms with Crippen LogP contribution in [-0.2, 0) is 13.0 Å². The smallest absolute Gasteiger partial charge is 0.170 e. The van der Waals surface area contributed by atoms with E-state index >= 15 is 0 Å². The molecule has 5 heteroatoms. The van der Waals surface area contributed by atoms with E-state index in [0.29, 0.717) is 36.5 Å². The normalized spacial score (nSPS) is 15.5. The van der Waals surface area contributed by atoms with E-state index in [1.165, 1.54) is 0 Å². The van der Waals surface area contributed by atoms with Crippen molar-refractivity contribution in [2.75, 3.05) is 0 Å². The van der Waals surface area contributed by atoms with E-state index < -0.39 is 0 Å². The molecule has 30 heavy (non-hydrogen) atoms. The Morgan fingerprint density at radius 3 is 2.87 bits per heavy atom. The summed E-state index contributed by atoms with van der Waals surface area (Å²) in [5.41, 5.74) is 3.40. The predicted molar refractivity (Wildman–Crippen MR) is 114 cm³/mol. The molecule has 1 aliphatic rings. The number of pyridine rings is 2. The second-order valence-corrected chi connectivity index (χ2v) is 7.37. The predicted octanol–water partition coefficient (Wildman–Crippen LogP) is 4.79. The van der Waals surface area contributed by atoms with Crippen molar-refractivity contribution >= 4 is 16.7 Å². The van der Waals surface area contributed by atoms with Crippen LogP contribution >= 0.6 is 0 Å². The third-order valence-corrected chi connectivity index (χ3v) is 5.19. The van der Waals surface area contributed by atoms with Crippen LogP contribution in [0.15, 0.2) is 79.1 Å². The van der Waals surface area contributed by atoms with Crippen LogP contribution in [0.25, 0.3) is 10.9 Å². The van der Waals surface area contributed by atoms with Crippen molar-refractivity contribution in [3.8, 4) is 11.5 Å². The number of aromatic nitrogens is 2. The maximum atomic E-state index is 12.7. The minimum Gasteiger partial charge on any atom is -0.489 e. The summed E-state index contributed by atoms with van der Waals surface area (Å²) in [4.78, 5) is 21.4. The molecule has 0 amide bonds. The van der Waals surface area contributed by atoms with Gasteiger partial charge in [0.2, 0.25) is 0 Å². The Labute approximate surface area is 174 Å². The van der Waals surface area contributed by atoms with Crippen molar-refractivity contribution in [1.29, 1.82) is 0 Å². The van der Waals surface area contributed by atoms with Gasteiger partial charge in [-0.1, -0.05) is 30.3 Å².